The number of amides is 1. The SMILES string of the molecule is COC(=O)C12C[C@@H]3C[C@H](CC(NC(=O)c4cc(-c5ccco5)[nH]n4)(C3)C1)C2. The van der Waals surface area contributed by atoms with Crippen LogP contribution in [0.1, 0.15) is 49.0 Å². The molecule has 6 rings (SSSR count). The number of aromatic nitrogens is 2. The molecule has 4 aliphatic carbocycles. The van der Waals surface area contributed by atoms with E-state index in [2.05, 4.69) is 15.5 Å². The number of furan rings is 1. The highest BCUT2D eigenvalue weighted by atomic mass is 16.5. The van der Waals surface area contributed by atoms with Gasteiger partial charge in [-0.25, -0.2) is 0 Å². The van der Waals surface area contributed by atoms with Crippen LogP contribution in [0.5, 0.6) is 0 Å². The number of H-pyrrole nitrogens is 1. The first-order valence-corrected chi connectivity index (χ1v) is 9.51. The summed E-state index contributed by atoms with van der Waals surface area (Å²) in [5.41, 5.74) is 0.238. The Morgan fingerprint density at radius 1 is 1.30 bits per heavy atom. The molecular formula is C20H23N3O4. The number of ether oxygens (including phenoxy) is 1. The zero-order valence-corrected chi connectivity index (χ0v) is 15.3. The van der Waals surface area contributed by atoms with Gasteiger partial charge in [0.15, 0.2) is 11.5 Å². The first kappa shape index (κ1) is 16.6. The van der Waals surface area contributed by atoms with Crippen LogP contribution in [0.15, 0.2) is 28.9 Å². The van der Waals surface area contributed by atoms with Crippen molar-refractivity contribution < 1.29 is 18.7 Å². The van der Waals surface area contributed by atoms with Crippen LogP contribution in [0.4, 0.5) is 0 Å². The first-order chi connectivity index (χ1) is 13.0. The van der Waals surface area contributed by atoms with Crippen molar-refractivity contribution >= 4 is 11.9 Å². The molecule has 0 radical (unpaired) electrons. The Kier molecular flexibility index (Phi) is 3.51. The Morgan fingerprint density at radius 3 is 2.74 bits per heavy atom. The van der Waals surface area contributed by atoms with E-state index in [1.54, 1.807) is 18.4 Å². The van der Waals surface area contributed by atoms with Crippen LogP contribution in [0.25, 0.3) is 11.5 Å². The van der Waals surface area contributed by atoms with Crippen molar-refractivity contribution in [3.8, 4) is 11.5 Å². The first-order valence-electron chi connectivity index (χ1n) is 9.51. The molecule has 4 fully saturated rings. The summed E-state index contributed by atoms with van der Waals surface area (Å²) in [6.45, 7) is 0. The van der Waals surface area contributed by atoms with Gasteiger partial charge in [-0.15, -0.1) is 0 Å². The summed E-state index contributed by atoms with van der Waals surface area (Å²) in [5, 5.41) is 10.2. The molecule has 1 amide bonds. The van der Waals surface area contributed by atoms with Crippen molar-refractivity contribution in [2.24, 2.45) is 17.3 Å². The Morgan fingerprint density at radius 2 is 2.07 bits per heavy atom. The van der Waals surface area contributed by atoms with E-state index in [0.29, 0.717) is 35.4 Å². The van der Waals surface area contributed by atoms with Gasteiger partial charge in [0.25, 0.3) is 5.91 Å². The fraction of sp³-hybridized carbons (Fsp3) is 0.550. The fourth-order valence-corrected chi connectivity index (χ4v) is 6.17. The summed E-state index contributed by atoms with van der Waals surface area (Å²) < 4.78 is 10.5. The molecule has 4 aliphatic rings. The summed E-state index contributed by atoms with van der Waals surface area (Å²) in [6.07, 6.45) is 7.05. The Labute approximate surface area is 156 Å². The minimum Gasteiger partial charge on any atom is -0.469 e. The van der Waals surface area contributed by atoms with E-state index in [1.807, 2.05) is 6.07 Å². The predicted molar refractivity (Wildman–Crippen MR) is 95.6 cm³/mol. The quantitative estimate of drug-likeness (QED) is 0.808. The molecule has 2 atom stereocenters. The predicted octanol–water partition coefficient (Wildman–Crippen LogP) is 2.91. The van der Waals surface area contributed by atoms with E-state index >= 15 is 0 Å². The minimum atomic E-state index is -0.434. The Balaban J connectivity index is 1.39. The lowest BCUT2D eigenvalue weighted by atomic mass is 9.47. The number of nitrogens with zero attached hydrogens (tertiary/aromatic N) is 1. The van der Waals surface area contributed by atoms with Gasteiger partial charge in [-0.1, -0.05) is 0 Å². The zero-order valence-electron chi connectivity index (χ0n) is 15.3. The van der Waals surface area contributed by atoms with Gasteiger partial charge in [0, 0.05) is 11.6 Å². The fourth-order valence-electron chi connectivity index (χ4n) is 6.17. The number of rotatable bonds is 4. The van der Waals surface area contributed by atoms with Gasteiger partial charge in [-0.2, -0.15) is 5.10 Å². The van der Waals surface area contributed by atoms with Crippen molar-refractivity contribution in [1.29, 1.82) is 0 Å². The second-order valence-corrected chi connectivity index (χ2v) is 8.61. The number of hydrogen-bond donors (Lipinski definition) is 2. The summed E-state index contributed by atoms with van der Waals surface area (Å²) >= 11 is 0. The van der Waals surface area contributed by atoms with Gasteiger partial charge in [0.1, 0.15) is 5.69 Å². The number of hydrogen-bond acceptors (Lipinski definition) is 5. The second-order valence-electron chi connectivity index (χ2n) is 8.61. The standard InChI is InChI=1S/C20H23N3O4/c1-26-18(25)19-7-12-5-13(8-19)10-20(9-12,11-19)21-17(24)15-6-14(22-23-15)16-3-2-4-27-16/h2-4,6,12-13H,5,7-11H2,1H3,(H,21,24)(H,22,23)/t12-,13-,19?,20?/m0/s1. The van der Waals surface area contributed by atoms with Crippen LogP contribution < -0.4 is 5.32 Å². The normalized spacial score (nSPS) is 33.8. The molecule has 142 valence electrons. The second kappa shape index (κ2) is 5.71. The maximum absolute atomic E-state index is 12.9. The average Bonchev–Trinajstić information content (AvgIpc) is 3.30. The Hall–Kier alpha value is -2.57. The third-order valence-corrected chi connectivity index (χ3v) is 6.66. The maximum atomic E-state index is 12.9. The maximum Gasteiger partial charge on any atom is 0.311 e. The summed E-state index contributed by atoms with van der Waals surface area (Å²) in [7, 11) is 1.46. The monoisotopic (exact) mass is 369 g/mol. The van der Waals surface area contributed by atoms with E-state index in [9.17, 15) is 9.59 Å². The van der Waals surface area contributed by atoms with E-state index in [0.717, 1.165) is 32.1 Å². The van der Waals surface area contributed by atoms with Gasteiger partial charge in [-0.05, 0) is 62.5 Å². The van der Waals surface area contributed by atoms with Crippen LogP contribution in [0.3, 0.4) is 0 Å². The highest BCUT2D eigenvalue weighted by Gasteiger charge is 2.61. The Bertz CT molecular complexity index is 871. The van der Waals surface area contributed by atoms with Crippen LogP contribution in [0.2, 0.25) is 0 Å². The molecular weight excluding hydrogens is 346 g/mol. The van der Waals surface area contributed by atoms with E-state index in [-0.39, 0.29) is 17.4 Å². The molecule has 4 bridgehead atoms. The van der Waals surface area contributed by atoms with Crippen LogP contribution in [-0.2, 0) is 9.53 Å². The molecule has 0 saturated heterocycles. The smallest absolute Gasteiger partial charge is 0.311 e. The number of aromatic amines is 1. The molecule has 4 saturated carbocycles. The molecule has 0 spiro atoms. The van der Waals surface area contributed by atoms with Gasteiger partial charge in [0.2, 0.25) is 0 Å². The third-order valence-electron chi connectivity index (χ3n) is 6.66. The third kappa shape index (κ3) is 2.59. The average molecular weight is 369 g/mol. The van der Waals surface area contributed by atoms with E-state index in [4.69, 9.17) is 9.15 Å². The van der Waals surface area contributed by atoms with Gasteiger partial charge in [-0.3, -0.25) is 14.7 Å². The molecule has 27 heavy (non-hydrogen) atoms. The molecule has 2 aromatic heterocycles. The van der Waals surface area contributed by atoms with Gasteiger partial charge >= 0.3 is 5.97 Å². The molecule has 0 aromatic carbocycles. The summed E-state index contributed by atoms with van der Waals surface area (Å²) in [6, 6.07) is 5.30. The number of methoxy groups -OCH3 is 1. The molecule has 2 heterocycles. The topological polar surface area (TPSA) is 97.2 Å². The lowest BCUT2D eigenvalue weighted by Gasteiger charge is -2.60. The molecule has 2 N–H and O–H groups in total. The molecule has 7 heteroatoms. The van der Waals surface area contributed by atoms with Crippen molar-refractivity contribution in [2.75, 3.05) is 7.11 Å². The summed E-state index contributed by atoms with van der Waals surface area (Å²) in [5.74, 6) is 1.27. The molecule has 0 unspecified atom stereocenters. The van der Waals surface area contributed by atoms with Crippen LogP contribution in [-0.4, -0.2) is 34.7 Å². The van der Waals surface area contributed by atoms with Crippen LogP contribution in [0, 0.1) is 17.3 Å². The number of carbonyl (C=O) groups is 2. The van der Waals surface area contributed by atoms with E-state index < -0.39 is 5.41 Å². The van der Waals surface area contributed by atoms with Crippen molar-refractivity contribution in [2.45, 2.75) is 44.1 Å². The number of esters is 1. The summed E-state index contributed by atoms with van der Waals surface area (Å²) in [4.78, 5) is 25.5. The molecule has 0 aliphatic heterocycles. The highest BCUT2D eigenvalue weighted by Crippen LogP contribution is 2.62. The van der Waals surface area contributed by atoms with Gasteiger partial charge in [0.05, 0.1) is 18.8 Å². The highest BCUT2D eigenvalue weighted by molar-refractivity contribution is 5.94. The van der Waals surface area contributed by atoms with Crippen molar-refractivity contribution in [1.82, 2.24) is 15.5 Å². The van der Waals surface area contributed by atoms with E-state index in [1.165, 1.54) is 7.11 Å². The van der Waals surface area contributed by atoms with Crippen molar-refractivity contribution in [3.05, 3.63) is 30.2 Å². The lowest BCUT2D eigenvalue weighted by molar-refractivity contribution is -0.171. The zero-order chi connectivity index (χ0) is 18.6. The minimum absolute atomic E-state index is 0.116. The molecule has 2 aromatic rings. The lowest BCUT2D eigenvalue weighted by Crippen LogP contribution is -2.64. The van der Waals surface area contributed by atoms with Crippen molar-refractivity contribution in [3.63, 3.8) is 0 Å². The van der Waals surface area contributed by atoms with Gasteiger partial charge < -0.3 is 14.5 Å². The number of nitrogens with one attached hydrogen (secondary N) is 2. The largest absolute Gasteiger partial charge is 0.469 e. The van der Waals surface area contributed by atoms with Crippen LogP contribution >= 0.6 is 0 Å². The number of carbonyl (C=O) groups excluding carboxylic acids is 2. The molecule has 7 nitrogen and oxygen atoms in total.